The fourth-order valence-corrected chi connectivity index (χ4v) is 7.65. The van der Waals surface area contributed by atoms with Crippen LogP contribution in [0.5, 0.6) is 46.0 Å². The number of aliphatic hydroxyl groups is 8. The maximum Gasteiger partial charge on any atom is 0.229 e. The summed E-state index contributed by atoms with van der Waals surface area (Å²) in [5.41, 5.74) is 1.85. The van der Waals surface area contributed by atoms with Gasteiger partial charge in [-0.3, -0.25) is 0 Å². The van der Waals surface area contributed by atoms with Crippen molar-refractivity contribution >= 4 is 11.6 Å². The van der Waals surface area contributed by atoms with Gasteiger partial charge in [-0.15, -0.1) is 0 Å². The van der Waals surface area contributed by atoms with Crippen molar-refractivity contribution in [1.82, 2.24) is 0 Å². The highest BCUT2D eigenvalue weighted by atomic mass is 16.7. The first-order valence-electron chi connectivity index (χ1n) is 18.0. The van der Waals surface area contributed by atoms with Crippen LogP contribution in [0.15, 0.2) is 66.7 Å². The molecule has 0 radical (unpaired) electrons. The topological polar surface area (TPSA) is 320 Å². The van der Waals surface area contributed by atoms with Crippen molar-refractivity contribution in [2.75, 3.05) is 13.2 Å². The van der Waals surface area contributed by atoms with E-state index in [1.807, 2.05) is 0 Å². The Morgan fingerprint density at radius 1 is 0.517 bits per heavy atom. The molecule has 14 N–H and O–H groups in total. The second-order valence-corrected chi connectivity index (χ2v) is 14.3. The molecule has 2 fully saturated rings. The van der Waals surface area contributed by atoms with E-state index in [1.54, 1.807) is 30.3 Å². The predicted molar refractivity (Wildman–Crippen MR) is 197 cm³/mol. The molecule has 4 aromatic rings. The van der Waals surface area contributed by atoms with E-state index in [4.69, 9.17) is 18.9 Å². The van der Waals surface area contributed by atoms with E-state index < -0.39 is 121 Å². The lowest BCUT2D eigenvalue weighted by Crippen LogP contribution is -2.60. The molecule has 58 heavy (non-hydrogen) atoms. The van der Waals surface area contributed by atoms with Gasteiger partial charge in [-0.05, 0) is 70.3 Å². The zero-order chi connectivity index (χ0) is 41.7. The maximum atomic E-state index is 12.1. The molecule has 2 aliphatic heterocycles. The van der Waals surface area contributed by atoms with E-state index in [0.29, 0.717) is 16.7 Å². The number of phenols is 6. The summed E-state index contributed by atoms with van der Waals surface area (Å²) in [6.07, 6.45) is -15.7. The van der Waals surface area contributed by atoms with Crippen LogP contribution in [0.4, 0.5) is 0 Å². The Morgan fingerprint density at radius 3 is 1.48 bits per heavy atom. The van der Waals surface area contributed by atoms with Crippen LogP contribution in [0, 0.1) is 0 Å². The minimum atomic E-state index is -1.93. The molecule has 3 aliphatic rings. The molecule has 0 saturated carbocycles. The predicted octanol–water partition coefficient (Wildman–Crippen LogP) is -0.253. The largest absolute Gasteiger partial charge is 0.508 e. The van der Waals surface area contributed by atoms with E-state index in [0.717, 1.165) is 12.1 Å². The second kappa shape index (κ2) is 16.1. The van der Waals surface area contributed by atoms with Crippen LogP contribution in [-0.4, -0.2) is 146 Å². The second-order valence-electron chi connectivity index (χ2n) is 14.3. The van der Waals surface area contributed by atoms with E-state index in [2.05, 4.69) is 0 Å². The third-order valence-electron chi connectivity index (χ3n) is 10.6. The number of hydrogen-bond donors (Lipinski definition) is 14. The van der Waals surface area contributed by atoms with E-state index in [9.17, 15) is 71.5 Å². The highest BCUT2D eigenvalue weighted by Crippen LogP contribution is 2.62. The number of fused-ring (bicyclic) bond motifs is 1. The number of aliphatic hydroxyl groups excluding tert-OH is 8. The molecule has 2 saturated heterocycles. The molecule has 0 aromatic heterocycles. The van der Waals surface area contributed by atoms with Crippen LogP contribution in [0.2, 0.25) is 0 Å². The fraction of sp³-hybridized carbons (Fsp3) is 0.350. The summed E-state index contributed by atoms with van der Waals surface area (Å²) in [4.78, 5) is 0. The Hall–Kier alpha value is -5.38. The molecular weight excluding hydrogens is 768 g/mol. The molecule has 4 aromatic carbocycles. The van der Waals surface area contributed by atoms with E-state index in [1.165, 1.54) is 30.3 Å². The molecular formula is C40H42O18. The van der Waals surface area contributed by atoms with Crippen LogP contribution in [0.3, 0.4) is 0 Å². The summed E-state index contributed by atoms with van der Waals surface area (Å²) in [5, 5.41) is 148. The lowest BCUT2D eigenvalue weighted by molar-refractivity contribution is -0.277. The molecule has 0 spiro atoms. The number of rotatable bonds is 9. The third kappa shape index (κ3) is 7.30. The van der Waals surface area contributed by atoms with Crippen LogP contribution in [0.1, 0.15) is 39.7 Å². The van der Waals surface area contributed by atoms with Crippen LogP contribution in [-0.2, 0) is 9.47 Å². The Labute approximate surface area is 328 Å². The summed E-state index contributed by atoms with van der Waals surface area (Å²) in [5.74, 6) is -6.24. The highest BCUT2D eigenvalue weighted by Gasteiger charge is 2.48. The zero-order valence-electron chi connectivity index (χ0n) is 30.2. The molecule has 18 nitrogen and oxygen atoms in total. The van der Waals surface area contributed by atoms with Crippen LogP contribution in [0.25, 0.3) is 11.6 Å². The van der Waals surface area contributed by atoms with Crippen molar-refractivity contribution in [3.05, 3.63) is 94.5 Å². The SMILES string of the molecule is OC[C@@H]1O[C@H](Oc2c(O)cc([C@@H]3c4c(cc(O)c(O[C@H]5O[C@@H](CO)[C@H](O)[C@@H](O)[C@@H]5O)c4O)/C(=C/c4ccc(O)cc4)[C@H]3c3ccc(O)cc3)cc2O)[C@@H](O)[C@H](O)[C@H]1O. The fourth-order valence-electron chi connectivity index (χ4n) is 7.65. The van der Waals surface area contributed by atoms with Gasteiger partial charge in [0.15, 0.2) is 23.0 Å². The van der Waals surface area contributed by atoms with Crippen LogP contribution < -0.4 is 9.47 Å². The molecule has 1 aliphatic carbocycles. The zero-order valence-corrected chi connectivity index (χ0v) is 30.2. The van der Waals surface area contributed by atoms with Gasteiger partial charge in [-0.1, -0.05) is 30.3 Å². The summed E-state index contributed by atoms with van der Waals surface area (Å²) in [6.45, 7) is -1.57. The Bertz CT molecular complexity index is 2110. The van der Waals surface area contributed by atoms with Gasteiger partial charge < -0.3 is 90.4 Å². The maximum absolute atomic E-state index is 12.1. The van der Waals surface area contributed by atoms with Gasteiger partial charge in [0.1, 0.15) is 60.3 Å². The minimum absolute atomic E-state index is 0.0239. The van der Waals surface area contributed by atoms with Gasteiger partial charge in [0.25, 0.3) is 0 Å². The van der Waals surface area contributed by atoms with Gasteiger partial charge in [-0.25, -0.2) is 0 Å². The molecule has 310 valence electrons. The van der Waals surface area contributed by atoms with Crippen molar-refractivity contribution in [1.29, 1.82) is 0 Å². The third-order valence-corrected chi connectivity index (χ3v) is 10.6. The molecule has 7 rings (SSSR count). The van der Waals surface area contributed by atoms with Crippen molar-refractivity contribution in [3.8, 4) is 46.0 Å². The van der Waals surface area contributed by atoms with Crippen LogP contribution >= 0.6 is 0 Å². The number of allylic oxidation sites excluding steroid dienone is 1. The average molecular weight is 811 g/mol. The normalized spacial score (nSPS) is 31.6. The quantitative estimate of drug-likeness (QED) is 0.104. The van der Waals surface area contributed by atoms with Gasteiger partial charge in [0, 0.05) is 17.4 Å². The van der Waals surface area contributed by atoms with Gasteiger partial charge in [-0.2, -0.15) is 0 Å². The number of aromatic hydroxyl groups is 6. The Kier molecular flexibility index (Phi) is 11.3. The number of hydrogen-bond acceptors (Lipinski definition) is 18. The van der Waals surface area contributed by atoms with Crippen molar-refractivity contribution in [2.45, 2.75) is 73.2 Å². The Balaban J connectivity index is 1.39. The molecule has 0 unspecified atom stereocenters. The molecule has 18 heteroatoms. The molecule has 2 heterocycles. The minimum Gasteiger partial charge on any atom is -0.508 e. The molecule has 0 amide bonds. The van der Waals surface area contributed by atoms with E-state index >= 15 is 0 Å². The number of ether oxygens (including phenoxy) is 4. The molecule has 0 bridgehead atoms. The van der Waals surface area contributed by atoms with E-state index in [-0.39, 0.29) is 28.2 Å². The number of benzene rings is 4. The first kappa shape index (κ1) is 40.8. The van der Waals surface area contributed by atoms with Gasteiger partial charge in [0.2, 0.25) is 24.1 Å². The van der Waals surface area contributed by atoms with Crippen molar-refractivity contribution in [3.63, 3.8) is 0 Å². The average Bonchev–Trinajstić information content (AvgIpc) is 3.51. The number of phenolic OH excluding ortho intramolecular Hbond substituents is 6. The van der Waals surface area contributed by atoms with Crippen molar-refractivity contribution < 1.29 is 90.4 Å². The first-order valence-corrected chi connectivity index (χ1v) is 18.0. The monoisotopic (exact) mass is 810 g/mol. The van der Waals surface area contributed by atoms with Crippen molar-refractivity contribution in [2.24, 2.45) is 0 Å². The Morgan fingerprint density at radius 2 is 0.983 bits per heavy atom. The lowest BCUT2D eigenvalue weighted by atomic mass is 9.79. The highest BCUT2D eigenvalue weighted by molar-refractivity contribution is 5.94. The lowest BCUT2D eigenvalue weighted by Gasteiger charge is -2.39. The standard InChI is InChI=1S/C40H42O18/c41-13-25-30(48)33(51)35(53)39(55-25)57-37-22(45)10-17(11-23(37)46)28-27(16-3-7-19(44)8-4-16)20(9-15-1-5-18(43)6-2-15)21-12-24(47)38(32(50)29(21)28)58-40-36(54)34(52)31(49)26(14-42)56-40/h1-12,25-28,30-31,33-36,39-54H,13-14H2/b20-9-/t25-,26-,27+,28-,30-,31-,33+,34+,35-,36-,39+,40+/m0/s1. The smallest absolute Gasteiger partial charge is 0.229 e. The van der Waals surface area contributed by atoms with Gasteiger partial charge in [0.05, 0.1) is 13.2 Å². The molecule has 12 atom stereocenters. The summed E-state index contributed by atoms with van der Waals surface area (Å²) in [6, 6.07) is 15.6. The summed E-state index contributed by atoms with van der Waals surface area (Å²) < 4.78 is 22.2. The summed E-state index contributed by atoms with van der Waals surface area (Å²) in [7, 11) is 0. The van der Waals surface area contributed by atoms with Gasteiger partial charge >= 0.3 is 0 Å². The first-order chi connectivity index (χ1) is 27.6. The summed E-state index contributed by atoms with van der Waals surface area (Å²) >= 11 is 0.